The van der Waals surface area contributed by atoms with Crippen molar-refractivity contribution >= 4 is 0 Å². The van der Waals surface area contributed by atoms with Crippen molar-refractivity contribution in [1.29, 1.82) is 0 Å². The van der Waals surface area contributed by atoms with Crippen LogP contribution in [0.5, 0.6) is 17.2 Å². The van der Waals surface area contributed by atoms with Crippen molar-refractivity contribution in [2.24, 2.45) is 0 Å². The van der Waals surface area contributed by atoms with Crippen LogP contribution in [0.2, 0.25) is 0 Å². The van der Waals surface area contributed by atoms with Gasteiger partial charge in [-0.25, -0.2) is 4.39 Å². The van der Waals surface area contributed by atoms with E-state index in [1.165, 1.54) is 25.3 Å². The molecule has 3 nitrogen and oxygen atoms in total. The van der Waals surface area contributed by atoms with E-state index in [9.17, 15) is 22.7 Å². The van der Waals surface area contributed by atoms with E-state index in [1.54, 1.807) is 0 Å². The molecule has 0 saturated heterocycles. The van der Waals surface area contributed by atoms with E-state index in [2.05, 4.69) is 4.74 Å². The third-order valence-corrected chi connectivity index (χ3v) is 2.67. The van der Waals surface area contributed by atoms with Crippen molar-refractivity contribution in [2.45, 2.75) is 6.36 Å². The predicted octanol–water partition coefficient (Wildman–Crippen LogP) is 4.11. The zero-order valence-corrected chi connectivity index (χ0v) is 10.7. The molecule has 7 heteroatoms. The van der Waals surface area contributed by atoms with Gasteiger partial charge in [0, 0.05) is 5.56 Å². The van der Waals surface area contributed by atoms with E-state index >= 15 is 0 Å². The standard InChI is InChI=1S/C14H10F4O3/c1-20-9-3-4-11(15)10(7-9)8-2-5-13(12(19)6-8)21-14(16,17)18/h2-7,19H,1H3. The van der Waals surface area contributed by atoms with E-state index in [0.717, 1.165) is 18.2 Å². The maximum absolute atomic E-state index is 13.7. The smallest absolute Gasteiger partial charge is 0.504 e. The summed E-state index contributed by atoms with van der Waals surface area (Å²) in [5.74, 6) is -1.72. The SMILES string of the molecule is COc1ccc(F)c(-c2ccc(OC(F)(F)F)c(O)c2)c1. The Balaban J connectivity index is 2.40. The van der Waals surface area contributed by atoms with Crippen LogP contribution >= 0.6 is 0 Å². The van der Waals surface area contributed by atoms with E-state index < -0.39 is 23.7 Å². The molecule has 0 unspecified atom stereocenters. The zero-order chi connectivity index (χ0) is 15.6. The molecular weight excluding hydrogens is 292 g/mol. The number of alkyl halides is 3. The molecule has 0 saturated carbocycles. The Morgan fingerprint density at radius 3 is 2.33 bits per heavy atom. The first kappa shape index (κ1) is 15.0. The fourth-order valence-corrected chi connectivity index (χ4v) is 1.75. The van der Waals surface area contributed by atoms with Crippen LogP contribution in [-0.2, 0) is 0 Å². The molecule has 0 spiro atoms. The highest BCUT2D eigenvalue weighted by Crippen LogP contribution is 2.36. The number of hydrogen-bond donors (Lipinski definition) is 1. The molecule has 0 aliphatic carbocycles. The minimum atomic E-state index is -4.92. The quantitative estimate of drug-likeness (QED) is 0.867. The Labute approximate surface area is 117 Å². The number of phenolic OH excluding ortho intramolecular Hbond substituents is 1. The molecule has 0 amide bonds. The Hall–Kier alpha value is -2.44. The topological polar surface area (TPSA) is 38.7 Å². The summed E-state index contributed by atoms with van der Waals surface area (Å²) in [4.78, 5) is 0. The Bertz CT molecular complexity index is 653. The van der Waals surface area contributed by atoms with Gasteiger partial charge in [-0.1, -0.05) is 6.07 Å². The summed E-state index contributed by atoms with van der Waals surface area (Å²) in [7, 11) is 1.40. The lowest BCUT2D eigenvalue weighted by atomic mass is 10.0. The zero-order valence-electron chi connectivity index (χ0n) is 10.7. The highest BCUT2D eigenvalue weighted by atomic mass is 19.4. The van der Waals surface area contributed by atoms with Crippen LogP contribution in [0.15, 0.2) is 36.4 Å². The highest BCUT2D eigenvalue weighted by Gasteiger charge is 2.32. The number of aromatic hydroxyl groups is 1. The van der Waals surface area contributed by atoms with Crippen molar-refractivity contribution < 1.29 is 32.1 Å². The van der Waals surface area contributed by atoms with Crippen LogP contribution in [0.3, 0.4) is 0 Å². The molecule has 0 bridgehead atoms. The van der Waals surface area contributed by atoms with Crippen LogP contribution in [0.4, 0.5) is 17.6 Å². The summed E-state index contributed by atoms with van der Waals surface area (Å²) in [5.41, 5.74) is 0.279. The lowest BCUT2D eigenvalue weighted by Crippen LogP contribution is -2.17. The first-order chi connectivity index (χ1) is 9.80. The number of methoxy groups -OCH3 is 1. The molecule has 0 aliphatic rings. The summed E-state index contributed by atoms with van der Waals surface area (Å²) >= 11 is 0. The second-order valence-electron chi connectivity index (χ2n) is 4.08. The van der Waals surface area contributed by atoms with E-state index in [4.69, 9.17) is 4.74 Å². The lowest BCUT2D eigenvalue weighted by Gasteiger charge is -2.12. The molecule has 0 fully saturated rings. The number of benzene rings is 2. The summed E-state index contributed by atoms with van der Waals surface area (Å²) < 4.78 is 58.6. The second-order valence-corrected chi connectivity index (χ2v) is 4.08. The van der Waals surface area contributed by atoms with Gasteiger partial charge in [0.25, 0.3) is 0 Å². The van der Waals surface area contributed by atoms with Crippen molar-refractivity contribution in [3.63, 3.8) is 0 Å². The van der Waals surface area contributed by atoms with Gasteiger partial charge in [-0.3, -0.25) is 0 Å². The normalized spacial score (nSPS) is 11.3. The molecule has 0 aliphatic heterocycles. The Kier molecular flexibility index (Phi) is 3.93. The maximum atomic E-state index is 13.7. The molecule has 112 valence electrons. The molecular formula is C14H10F4O3. The molecule has 2 rings (SSSR count). The number of halogens is 4. The van der Waals surface area contributed by atoms with Crippen LogP contribution in [0.25, 0.3) is 11.1 Å². The Morgan fingerprint density at radius 2 is 1.76 bits per heavy atom. The minimum absolute atomic E-state index is 0.0863. The number of ether oxygens (including phenoxy) is 2. The van der Waals surface area contributed by atoms with Crippen LogP contribution < -0.4 is 9.47 Å². The number of rotatable bonds is 3. The van der Waals surface area contributed by atoms with Gasteiger partial charge >= 0.3 is 6.36 Å². The lowest BCUT2D eigenvalue weighted by molar-refractivity contribution is -0.275. The first-order valence-electron chi connectivity index (χ1n) is 5.73. The van der Waals surface area contributed by atoms with Crippen molar-refractivity contribution in [3.8, 4) is 28.4 Å². The molecule has 0 aromatic heterocycles. The third kappa shape index (κ3) is 3.56. The fourth-order valence-electron chi connectivity index (χ4n) is 1.75. The second kappa shape index (κ2) is 5.51. The average molecular weight is 302 g/mol. The van der Waals surface area contributed by atoms with Gasteiger partial charge in [0.05, 0.1) is 7.11 Å². The maximum Gasteiger partial charge on any atom is 0.573 e. The summed E-state index contributed by atoms with van der Waals surface area (Å²) in [6.07, 6.45) is -4.92. The molecule has 21 heavy (non-hydrogen) atoms. The van der Waals surface area contributed by atoms with Gasteiger partial charge in [0.2, 0.25) is 0 Å². The molecule has 2 aromatic carbocycles. The van der Waals surface area contributed by atoms with Gasteiger partial charge in [0.1, 0.15) is 11.6 Å². The van der Waals surface area contributed by atoms with Crippen molar-refractivity contribution in [1.82, 2.24) is 0 Å². The van der Waals surface area contributed by atoms with Crippen molar-refractivity contribution in [3.05, 3.63) is 42.2 Å². The third-order valence-electron chi connectivity index (χ3n) is 2.67. The van der Waals surface area contributed by atoms with E-state index in [1.807, 2.05) is 0 Å². The number of hydrogen-bond acceptors (Lipinski definition) is 3. The number of phenols is 1. The summed E-state index contributed by atoms with van der Waals surface area (Å²) in [5, 5.41) is 9.55. The van der Waals surface area contributed by atoms with Gasteiger partial charge in [-0.15, -0.1) is 13.2 Å². The average Bonchev–Trinajstić information content (AvgIpc) is 2.40. The predicted molar refractivity (Wildman–Crippen MR) is 66.7 cm³/mol. The van der Waals surface area contributed by atoms with E-state index in [-0.39, 0.29) is 11.1 Å². The summed E-state index contributed by atoms with van der Waals surface area (Å²) in [6.45, 7) is 0. The molecule has 0 heterocycles. The highest BCUT2D eigenvalue weighted by molar-refractivity contribution is 5.69. The van der Waals surface area contributed by atoms with Gasteiger partial charge in [0.15, 0.2) is 11.5 Å². The Morgan fingerprint density at radius 1 is 1.05 bits per heavy atom. The van der Waals surface area contributed by atoms with Gasteiger partial charge in [-0.2, -0.15) is 0 Å². The molecule has 0 atom stereocenters. The van der Waals surface area contributed by atoms with Crippen molar-refractivity contribution in [2.75, 3.05) is 7.11 Å². The van der Waals surface area contributed by atoms with Crippen LogP contribution in [-0.4, -0.2) is 18.6 Å². The molecule has 2 aromatic rings. The largest absolute Gasteiger partial charge is 0.573 e. The monoisotopic (exact) mass is 302 g/mol. The molecule has 1 N–H and O–H groups in total. The first-order valence-corrected chi connectivity index (χ1v) is 5.73. The van der Waals surface area contributed by atoms with Gasteiger partial charge in [-0.05, 0) is 35.9 Å². The van der Waals surface area contributed by atoms with Gasteiger partial charge < -0.3 is 14.6 Å². The fraction of sp³-hybridized carbons (Fsp3) is 0.143. The summed E-state index contributed by atoms with van der Waals surface area (Å²) in [6, 6.07) is 7.04. The van der Waals surface area contributed by atoms with Crippen LogP contribution in [0, 0.1) is 5.82 Å². The minimum Gasteiger partial charge on any atom is -0.504 e. The van der Waals surface area contributed by atoms with Crippen LogP contribution in [0.1, 0.15) is 0 Å². The molecule has 0 radical (unpaired) electrons. The van der Waals surface area contributed by atoms with E-state index in [0.29, 0.717) is 5.75 Å².